The molecule has 1 aromatic carbocycles. The van der Waals surface area contributed by atoms with E-state index < -0.39 is 0 Å². The summed E-state index contributed by atoms with van der Waals surface area (Å²) < 4.78 is 10.5. The Morgan fingerprint density at radius 2 is 1.81 bits per heavy atom. The Labute approximate surface area is 127 Å². The lowest BCUT2D eigenvalue weighted by molar-refractivity contribution is -0.144. The van der Waals surface area contributed by atoms with E-state index >= 15 is 0 Å². The van der Waals surface area contributed by atoms with Crippen molar-refractivity contribution in [1.29, 1.82) is 0 Å². The van der Waals surface area contributed by atoms with E-state index in [1.807, 2.05) is 26.0 Å². The molecule has 0 saturated carbocycles. The van der Waals surface area contributed by atoms with Crippen LogP contribution in [0.15, 0.2) is 18.2 Å². The number of hydrogen-bond donors (Lipinski definition) is 1. The predicted octanol–water partition coefficient (Wildman–Crippen LogP) is 2.86. The van der Waals surface area contributed by atoms with Crippen LogP contribution in [0.25, 0.3) is 0 Å². The fraction of sp³-hybridized carbons (Fsp3) is 0.588. The van der Waals surface area contributed by atoms with Gasteiger partial charge in [0.25, 0.3) is 0 Å². The van der Waals surface area contributed by atoms with Crippen LogP contribution in [-0.2, 0) is 9.53 Å². The van der Waals surface area contributed by atoms with E-state index in [1.54, 1.807) is 0 Å². The summed E-state index contributed by atoms with van der Waals surface area (Å²) in [6.07, 6.45) is 0.840. The number of carbonyl (C=O) groups is 1. The molecule has 0 bridgehead atoms. The van der Waals surface area contributed by atoms with Crippen molar-refractivity contribution in [3.63, 3.8) is 0 Å². The van der Waals surface area contributed by atoms with Crippen LogP contribution in [0.5, 0.6) is 5.75 Å². The summed E-state index contributed by atoms with van der Waals surface area (Å²) in [7, 11) is 1.42. The second-order valence-corrected chi connectivity index (χ2v) is 5.72. The maximum atomic E-state index is 11.6. The predicted molar refractivity (Wildman–Crippen MR) is 84.7 cm³/mol. The highest BCUT2D eigenvalue weighted by Gasteiger charge is 2.21. The summed E-state index contributed by atoms with van der Waals surface area (Å²) in [6, 6.07) is 5.94. The van der Waals surface area contributed by atoms with E-state index in [-0.39, 0.29) is 17.9 Å². The number of carbonyl (C=O) groups excluding carboxylic acids is 1. The molecule has 0 radical (unpaired) electrons. The molecular weight excluding hydrogens is 266 g/mol. The van der Waals surface area contributed by atoms with E-state index in [4.69, 9.17) is 9.47 Å². The molecule has 1 aromatic rings. The van der Waals surface area contributed by atoms with Crippen LogP contribution in [0.3, 0.4) is 0 Å². The highest BCUT2D eigenvalue weighted by Crippen LogP contribution is 2.16. The largest absolute Gasteiger partial charge is 0.494 e. The normalized spacial score (nSPS) is 12.3. The molecule has 21 heavy (non-hydrogen) atoms. The molecule has 4 nitrogen and oxygen atoms in total. The smallest absolute Gasteiger partial charge is 0.323 e. The summed E-state index contributed by atoms with van der Waals surface area (Å²) in [4.78, 5) is 11.6. The number of nitrogens with one attached hydrogen (secondary N) is 1. The zero-order valence-electron chi connectivity index (χ0n) is 13.7. The number of rotatable bonds is 8. The molecule has 4 heteroatoms. The highest BCUT2D eigenvalue weighted by molar-refractivity contribution is 5.75. The van der Waals surface area contributed by atoms with E-state index in [9.17, 15) is 4.79 Å². The van der Waals surface area contributed by atoms with Gasteiger partial charge in [0.05, 0.1) is 13.7 Å². The minimum absolute atomic E-state index is 0.206. The summed E-state index contributed by atoms with van der Waals surface area (Å²) >= 11 is 0. The van der Waals surface area contributed by atoms with Crippen LogP contribution in [0.2, 0.25) is 0 Å². The van der Waals surface area contributed by atoms with Gasteiger partial charge in [-0.05, 0) is 56.0 Å². The maximum absolute atomic E-state index is 11.6. The third-order valence-electron chi connectivity index (χ3n) is 3.27. The van der Waals surface area contributed by atoms with Crippen molar-refractivity contribution in [2.45, 2.75) is 40.2 Å². The Balaban J connectivity index is 2.32. The Bertz CT molecular complexity index is 437. The first-order valence-corrected chi connectivity index (χ1v) is 7.46. The third kappa shape index (κ3) is 6.17. The number of benzene rings is 1. The monoisotopic (exact) mass is 293 g/mol. The van der Waals surface area contributed by atoms with E-state index in [2.05, 4.69) is 25.2 Å². The molecule has 118 valence electrons. The summed E-state index contributed by atoms with van der Waals surface area (Å²) in [6.45, 7) is 9.47. The number of methoxy groups -OCH3 is 1. The van der Waals surface area contributed by atoms with E-state index in [1.165, 1.54) is 18.2 Å². The summed E-state index contributed by atoms with van der Waals surface area (Å²) in [5, 5.41) is 3.22. The maximum Gasteiger partial charge on any atom is 0.323 e. The fourth-order valence-corrected chi connectivity index (χ4v) is 2.25. The molecule has 0 heterocycles. The minimum atomic E-state index is -0.254. The first-order valence-electron chi connectivity index (χ1n) is 7.46. The Kier molecular flexibility index (Phi) is 7.23. The van der Waals surface area contributed by atoms with Gasteiger partial charge in [0.2, 0.25) is 0 Å². The first-order chi connectivity index (χ1) is 9.93. The molecule has 0 aliphatic carbocycles. The molecule has 1 unspecified atom stereocenters. The van der Waals surface area contributed by atoms with Gasteiger partial charge in [-0.2, -0.15) is 0 Å². The van der Waals surface area contributed by atoms with Crippen LogP contribution >= 0.6 is 0 Å². The van der Waals surface area contributed by atoms with Gasteiger partial charge in [-0.25, -0.2) is 0 Å². The van der Waals surface area contributed by atoms with Crippen LogP contribution in [0.1, 0.15) is 31.4 Å². The van der Waals surface area contributed by atoms with Crippen LogP contribution < -0.4 is 10.1 Å². The first kappa shape index (κ1) is 17.5. The van der Waals surface area contributed by atoms with E-state index in [0.29, 0.717) is 6.61 Å². The lowest BCUT2D eigenvalue weighted by Gasteiger charge is -2.19. The lowest BCUT2D eigenvalue weighted by atomic mass is 10.0. The molecule has 1 atom stereocenters. The van der Waals surface area contributed by atoms with Crippen LogP contribution in [0, 0.1) is 19.8 Å². The van der Waals surface area contributed by atoms with Crippen molar-refractivity contribution < 1.29 is 14.3 Å². The number of ether oxygens (including phenoxy) is 2. The van der Waals surface area contributed by atoms with Gasteiger partial charge in [-0.1, -0.05) is 19.9 Å². The topological polar surface area (TPSA) is 47.6 Å². The average Bonchev–Trinajstić information content (AvgIpc) is 2.40. The highest BCUT2D eigenvalue weighted by atomic mass is 16.5. The van der Waals surface area contributed by atoms with Gasteiger partial charge in [-0.3, -0.25) is 4.79 Å². The molecule has 1 N–H and O–H groups in total. The van der Waals surface area contributed by atoms with Gasteiger partial charge in [0.15, 0.2) is 0 Å². The Hall–Kier alpha value is -1.55. The SMILES string of the molecule is COC(=O)C(NCCCOc1cc(C)cc(C)c1)C(C)C. The van der Waals surface area contributed by atoms with Crippen molar-refractivity contribution in [2.24, 2.45) is 5.92 Å². The average molecular weight is 293 g/mol. The van der Waals surface area contributed by atoms with Crippen molar-refractivity contribution in [1.82, 2.24) is 5.32 Å². The minimum Gasteiger partial charge on any atom is -0.494 e. The third-order valence-corrected chi connectivity index (χ3v) is 3.27. The quantitative estimate of drug-likeness (QED) is 0.591. The second-order valence-electron chi connectivity index (χ2n) is 5.72. The van der Waals surface area contributed by atoms with Gasteiger partial charge in [-0.15, -0.1) is 0 Å². The van der Waals surface area contributed by atoms with Crippen LogP contribution in [0.4, 0.5) is 0 Å². The molecule has 0 amide bonds. The summed E-state index contributed by atoms with van der Waals surface area (Å²) in [5.74, 6) is 0.902. The lowest BCUT2D eigenvalue weighted by Crippen LogP contribution is -2.42. The van der Waals surface area contributed by atoms with Gasteiger partial charge in [0, 0.05) is 0 Å². The summed E-state index contributed by atoms with van der Waals surface area (Å²) in [5.41, 5.74) is 2.40. The Morgan fingerprint density at radius 1 is 1.19 bits per heavy atom. The molecule has 0 fully saturated rings. The van der Waals surface area contributed by atoms with Gasteiger partial charge < -0.3 is 14.8 Å². The van der Waals surface area contributed by atoms with Gasteiger partial charge in [0.1, 0.15) is 11.8 Å². The fourth-order valence-electron chi connectivity index (χ4n) is 2.25. The molecule has 0 saturated heterocycles. The number of esters is 1. The number of aryl methyl sites for hydroxylation is 2. The zero-order chi connectivity index (χ0) is 15.8. The molecule has 0 aromatic heterocycles. The molecule has 0 aliphatic rings. The van der Waals surface area contributed by atoms with Crippen molar-refractivity contribution in [3.8, 4) is 5.75 Å². The molecule has 1 rings (SSSR count). The zero-order valence-corrected chi connectivity index (χ0v) is 13.7. The number of hydrogen-bond acceptors (Lipinski definition) is 4. The van der Waals surface area contributed by atoms with Crippen LogP contribution in [-0.4, -0.2) is 32.3 Å². The van der Waals surface area contributed by atoms with Crippen molar-refractivity contribution >= 4 is 5.97 Å². The Morgan fingerprint density at radius 3 is 2.33 bits per heavy atom. The molecular formula is C17H27NO3. The molecule has 0 aliphatic heterocycles. The standard InChI is InChI=1S/C17H27NO3/c1-12(2)16(17(19)20-5)18-7-6-8-21-15-10-13(3)9-14(4)11-15/h9-12,16,18H,6-8H2,1-5H3. The second kappa shape index (κ2) is 8.67. The van der Waals surface area contributed by atoms with Gasteiger partial charge >= 0.3 is 5.97 Å². The van der Waals surface area contributed by atoms with Crippen molar-refractivity contribution in [3.05, 3.63) is 29.3 Å². The molecule has 0 spiro atoms. The van der Waals surface area contributed by atoms with Crippen molar-refractivity contribution in [2.75, 3.05) is 20.3 Å². The van der Waals surface area contributed by atoms with E-state index in [0.717, 1.165) is 18.7 Å².